The molecule has 0 N–H and O–H groups in total. The molecule has 2 heterocycles. The highest BCUT2D eigenvalue weighted by Gasteiger charge is 2.21. The number of amides is 1. The van der Waals surface area contributed by atoms with Crippen LogP contribution in [0.2, 0.25) is 0 Å². The highest BCUT2D eigenvalue weighted by atomic mass is 32.1. The van der Waals surface area contributed by atoms with Gasteiger partial charge in [-0.3, -0.25) is 4.79 Å². The minimum atomic E-state index is -0.282. The lowest BCUT2D eigenvalue weighted by molar-refractivity contribution is 0.0299. The molecular formula is C22H21FN2O4S. The molecule has 1 aliphatic rings. The standard InChI is InChI=1S/C22H21FN2O4S/c1-27-20-12-16(4-7-19(20)29-13-15-2-5-17(23)6-3-15)21-24-18(14-30-21)22(26)25-8-10-28-11-9-25/h2-7,12,14H,8-11,13H2,1H3. The molecular weight excluding hydrogens is 407 g/mol. The van der Waals surface area contributed by atoms with Crippen LogP contribution in [0.5, 0.6) is 11.5 Å². The summed E-state index contributed by atoms with van der Waals surface area (Å²) in [5.74, 6) is 0.778. The van der Waals surface area contributed by atoms with Gasteiger partial charge in [-0.15, -0.1) is 11.3 Å². The third-order valence-electron chi connectivity index (χ3n) is 4.74. The summed E-state index contributed by atoms with van der Waals surface area (Å²) in [6.45, 7) is 2.57. The maximum absolute atomic E-state index is 13.0. The van der Waals surface area contributed by atoms with E-state index in [1.807, 2.05) is 18.2 Å². The summed E-state index contributed by atoms with van der Waals surface area (Å²) in [6, 6.07) is 11.7. The van der Waals surface area contributed by atoms with Crippen LogP contribution in [0.1, 0.15) is 16.1 Å². The van der Waals surface area contributed by atoms with Gasteiger partial charge >= 0.3 is 0 Å². The zero-order chi connectivity index (χ0) is 20.9. The number of carbonyl (C=O) groups excluding carboxylic acids is 1. The van der Waals surface area contributed by atoms with Crippen molar-refractivity contribution >= 4 is 17.2 Å². The average Bonchev–Trinajstić information content (AvgIpc) is 3.29. The fourth-order valence-corrected chi connectivity index (χ4v) is 3.89. The lowest BCUT2D eigenvalue weighted by Crippen LogP contribution is -2.40. The second kappa shape index (κ2) is 9.23. The Hall–Kier alpha value is -2.97. The van der Waals surface area contributed by atoms with E-state index in [0.29, 0.717) is 50.1 Å². The van der Waals surface area contributed by atoms with Crippen molar-refractivity contribution in [1.29, 1.82) is 0 Å². The van der Waals surface area contributed by atoms with Gasteiger partial charge in [0, 0.05) is 24.0 Å². The van der Waals surface area contributed by atoms with Gasteiger partial charge in [0.15, 0.2) is 11.5 Å². The van der Waals surface area contributed by atoms with Crippen LogP contribution in [0, 0.1) is 5.82 Å². The van der Waals surface area contributed by atoms with Crippen LogP contribution < -0.4 is 9.47 Å². The van der Waals surface area contributed by atoms with Crippen molar-refractivity contribution in [2.45, 2.75) is 6.61 Å². The van der Waals surface area contributed by atoms with Crippen molar-refractivity contribution in [2.24, 2.45) is 0 Å². The molecule has 1 fully saturated rings. The van der Waals surface area contributed by atoms with Gasteiger partial charge in [-0.25, -0.2) is 9.37 Å². The second-order valence-corrected chi connectivity index (χ2v) is 7.58. The van der Waals surface area contributed by atoms with E-state index in [4.69, 9.17) is 14.2 Å². The number of rotatable bonds is 6. The molecule has 4 rings (SSSR count). The first-order valence-electron chi connectivity index (χ1n) is 9.52. The molecule has 6 nitrogen and oxygen atoms in total. The van der Waals surface area contributed by atoms with E-state index in [0.717, 1.165) is 16.1 Å². The van der Waals surface area contributed by atoms with E-state index >= 15 is 0 Å². The molecule has 8 heteroatoms. The van der Waals surface area contributed by atoms with Gasteiger partial charge < -0.3 is 19.1 Å². The molecule has 1 amide bonds. The lowest BCUT2D eigenvalue weighted by atomic mass is 10.2. The number of ether oxygens (including phenoxy) is 3. The Morgan fingerprint density at radius 1 is 1.17 bits per heavy atom. The van der Waals surface area contributed by atoms with E-state index < -0.39 is 0 Å². The van der Waals surface area contributed by atoms with Gasteiger partial charge in [0.2, 0.25) is 0 Å². The van der Waals surface area contributed by atoms with E-state index in [1.54, 1.807) is 29.5 Å². The monoisotopic (exact) mass is 428 g/mol. The molecule has 0 radical (unpaired) electrons. The van der Waals surface area contributed by atoms with E-state index in [1.165, 1.54) is 23.5 Å². The Morgan fingerprint density at radius 2 is 1.93 bits per heavy atom. The van der Waals surface area contributed by atoms with Crippen LogP contribution in [0.3, 0.4) is 0 Å². The molecule has 1 aliphatic heterocycles. The molecule has 1 aromatic heterocycles. The summed E-state index contributed by atoms with van der Waals surface area (Å²) in [5, 5.41) is 2.51. The zero-order valence-electron chi connectivity index (χ0n) is 16.5. The summed E-state index contributed by atoms with van der Waals surface area (Å²) in [4.78, 5) is 18.9. The molecule has 2 aromatic carbocycles. The number of carbonyl (C=O) groups is 1. The minimum Gasteiger partial charge on any atom is -0.493 e. The van der Waals surface area contributed by atoms with Crippen molar-refractivity contribution in [3.05, 3.63) is 64.9 Å². The van der Waals surface area contributed by atoms with Crippen LogP contribution >= 0.6 is 11.3 Å². The van der Waals surface area contributed by atoms with Crippen molar-refractivity contribution < 1.29 is 23.4 Å². The van der Waals surface area contributed by atoms with Gasteiger partial charge in [0.05, 0.1) is 20.3 Å². The highest BCUT2D eigenvalue weighted by Crippen LogP contribution is 2.34. The Bertz CT molecular complexity index is 1020. The number of aromatic nitrogens is 1. The Balaban J connectivity index is 1.47. The third-order valence-corrected chi connectivity index (χ3v) is 5.63. The van der Waals surface area contributed by atoms with Crippen molar-refractivity contribution in [3.8, 4) is 22.1 Å². The fraction of sp³-hybridized carbons (Fsp3) is 0.273. The summed E-state index contributed by atoms with van der Waals surface area (Å²) < 4.78 is 29.6. The molecule has 3 aromatic rings. The Labute approximate surface area is 177 Å². The van der Waals surface area contributed by atoms with Gasteiger partial charge in [-0.2, -0.15) is 0 Å². The molecule has 0 bridgehead atoms. The lowest BCUT2D eigenvalue weighted by Gasteiger charge is -2.25. The quantitative estimate of drug-likeness (QED) is 0.594. The number of nitrogens with zero attached hydrogens (tertiary/aromatic N) is 2. The maximum atomic E-state index is 13.0. The fourth-order valence-electron chi connectivity index (χ4n) is 3.09. The molecule has 0 aliphatic carbocycles. The predicted molar refractivity (Wildman–Crippen MR) is 112 cm³/mol. The second-order valence-electron chi connectivity index (χ2n) is 6.72. The number of thiazole rings is 1. The Kier molecular flexibility index (Phi) is 6.25. The van der Waals surface area contributed by atoms with Gasteiger partial charge in [0.25, 0.3) is 5.91 Å². The number of hydrogen-bond acceptors (Lipinski definition) is 6. The average molecular weight is 428 g/mol. The van der Waals surface area contributed by atoms with Crippen LogP contribution in [0.25, 0.3) is 10.6 Å². The molecule has 0 atom stereocenters. The van der Waals surface area contributed by atoms with Gasteiger partial charge in [-0.05, 0) is 35.9 Å². The number of hydrogen-bond donors (Lipinski definition) is 0. The molecule has 0 unspecified atom stereocenters. The van der Waals surface area contributed by atoms with E-state index in [-0.39, 0.29) is 11.7 Å². The van der Waals surface area contributed by atoms with Crippen LogP contribution in [0.15, 0.2) is 47.8 Å². The summed E-state index contributed by atoms with van der Waals surface area (Å²) in [5.41, 5.74) is 2.13. The number of benzene rings is 2. The molecule has 1 saturated heterocycles. The highest BCUT2D eigenvalue weighted by molar-refractivity contribution is 7.13. The predicted octanol–water partition coefficient (Wildman–Crippen LogP) is 4.01. The smallest absolute Gasteiger partial charge is 0.273 e. The summed E-state index contributed by atoms with van der Waals surface area (Å²) in [6.07, 6.45) is 0. The Morgan fingerprint density at radius 3 is 2.67 bits per heavy atom. The van der Waals surface area contributed by atoms with Crippen molar-refractivity contribution in [1.82, 2.24) is 9.88 Å². The van der Waals surface area contributed by atoms with Crippen LogP contribution in [-0.4, -0.2) is 49.2 Å². The van der Waals surface area contributed by atoms with E-state index in [9.17, 15) is 9.18 Å². The van der Waals surface area contributed by atoms with E-state index in [2.05, 4.69) is 4.98 Å². The molecule has 156 valence electrons. The molecule has 0 spiro atoms. The normalized spacial score (nSPS) is 13.9. The summed E-state index contributed by atoms with van der Waals surface area (Å²) in [7, 11) is 1.57. The van der Waals surface area contributed by atoms with Crippen molar-refractivity contribution in [3.63, 3.8) is 0 Å². The first-order chi connectivity index (χ1) is 14.6. The first kappa shape index (κ1) is 20.3. The maximum Gasteiger partial charge on any atom is 0.273 e. The first-order valence-corrected chi connectivity index (χ1v) is 10.4. The number of methoxy groups -OCH3 is 1. The largest absolute Gasteiger partial charge is 0.493 e. The third kappa shape index (κ3) is 4.60. The van der Waals surface area contributed by atoms with Crippen LogP contribution in [-0.2, 0) is 11.3 Å². The SMILES string of the molecule is COc1cc(-c2nc(C(=O)N3CCOCC3)cs2)ccc1OCc1ccc(F)cc1. The topological polar surface area (TPSA) is 60.9 Å². The number of halogens is 1. The van der Waals surface area contributed by atoms with Gasteiger partial charge in [-0.1, -0.05) is 12.1 Å². The minimum absolute atomic E-state index is 0.0768. The van der Waals surface area contributed by atoms with Crippen LogP contribution in [0.4, 0.5) is 4.39 Å². The molecule has 30 heavy (non-hydrogen) atoms. The van der Waals surface area contributed by atoms with Crippen molar-refractivity contribution in [2.75, 3.05) is 33.4 Å². The number of morpholine rings is 1. The zero-order valence-corrected chi connectivity index (χ0v) is 17.3. The summed E-state index contributed by atoms with van der Waals surface area (Å²) >= 11 is 1.41. The molecule has 0 saturated carbocycles. The van der Waals surface area contributed by atoms with Gasteiger partial charge in [0.1, 0.15) is 23.1 Å².